The molecule has 0 atom stereocenters. The number of para-hydroxylation sites is 4. The van der Waals surface area contributed by atoms with Crippen LogP contribution in [0.3, 0.4) is 0 Å². The molecular formula is C31H24N4O3S2. The molecule has 0 radical (unpaired) electrons. The Bertz CT molecular complexity index is 1780. The standard InChI is InChI=1S/C31H24N4O3S2/c36-23(19-39-30-32-26-17-9-7-15-24(26)28(37)34(30)21-11-3-1-4-12-21)20-40-31-33-27-18-10-8-16-25(27)29(38)35(31)22-13-5-2-6-14-22/h1-18,23,36H,19-20H2. The lowest BCUT2D eigenvalue weighted by molar-refractivity contribution is 0.225. The number of nitrogens with zero attached hydrogens (tertiary/aromatic N) is 4. The molecule has 40 heavy (non-hydrogen) atoms. The Labute approximate surface area is 238 Å². The van der Waals surface area contributed by atoms with Crippen LogP contribution in [0.4, 0.5) is 0 Å². The van der Waals surface area contributed by atoms with Gasteiger partial charge in [0, 0.05) is 11.5 Å². The molecule has 9 heteroatoms. The average molecular weight is 565 g/mol. The molecule has 1 N–H and O–H groups in total. The van der Waals surface area contributed by atoms with Gasteiger partial charge >= 0.3 is 0 Å². The molecule has 6 aromatic rings. The van der Waals surface area contributed by atoms with Crippen molar-refractivity contribution in [2.24, 2.45) is 0 Å². The first-order valence-corrected chi connectivity index (χ1v) is 14.7. The summed E-state index contributed by atoms with van der Waals surface area (Å²) in [5.41, 5.74) is 2.33. The maximum Gasteiger partial charge on any atom is 0.266 e. The highest BCUT2D eigenvalue weighted by atomic mass is 32.2. The summed E-state index contributed by atoms with van der Waals surface area (Å²) < 4.78 is 3.18. The van der Waals surface area contributed by atoms with Crippen molar-refractivity contribution in [1.82, 2.24) is 19.1 Å². The maximum atomic E-state index is 13.4. The predicted molar refractivity (Wildman–Crippen MR) is 162 cm³/mol. The summed E-state index contributed by atoms with van der Waals surface area (Å²) in [5, 5.41) is 13.1. The second-order valence-electron chi connectivity index (χ2n) is 9.05. The lowest BCUT2D eigenvalue weighted by Gasteiger charge is -2.16. The van der Waals surface area contributed by atoms with Crippen LogP contribution in [0.25, 0.3) is 33.2 Å². The van der Waals surface area contributed by atoms with E-state index < -0.39 is 6.10 Å². The highest BCUT2D eigenvalue weighted by Gasteiger charge is 2.18. The molecule has 4 aromatic carbocycles. The SMILES string of the molecule is O=c1c2ccccc2nc(SCC(O)CSc2nc3ccccc3c(=O)n2-c2ccccc2)n1-c1ccccc1. The van der Waals surface area contributed by atoms with Crippen LogP contribution in [0.2, 0.25) is 0 Å². The maximum absolute atomic E-state index is 13.4. The zero-order valence-corrected chi connectivity index (χ0v) is 22.9. The van der Waals surface area contributed by atoms with Gasteiger partial charge in [-0.1, -0.05) is 84.2 Å². The molecule has 0 aliphatic carbocycles. The number of aliphatic hydroxyl groups is 1. The predicted octanol–water partition coefficient (Wildman–Crippen LogP) is 5.33. The van der Waals surface area contributed by atoms with Gasteiger partial charge < -0.3 is 5.11 Å². The largest absolute Gasteiger partial charge is 0.391 e. The molecule has 0 amide bonds. The van der Waals surface area contributed by atoms with E-state index in [1.54, 1.807) is 21.3 Å². The van der Waals surface area contributed by atoms with Gasteiger partial charge in [0.05, 0.1) is 39.3 Å². The van der Waals surface area contributed by atoms with E-state index in [1.807, 2.05) is 97.1 Å². The number of hydrogen-bond donors (Lipinski definition) is 1. The molecule has 2 heterocycles. The van der Waals surface area contributed by atoms with Crippen LogP contribution in [0.5, 0.6) is 0 Å². The number of aliphatic hydroxyl groups excluding tert-OH is 1. The third-order valence-corrected chi connectivity index (χ3v) is 8.50. The molecular weight excluding hydrogens is 541 g/mol. The van der Waals surface area contributed by atoms with E-state index in [1.165, 1.54) is 23.5 Å². The summed E-state index contributed by atoms with van der Waals surface area (Å²) in [5.74, 6) is 0.599. The molecule has 0 bridgehead atoms. The van der Waals surface area contributed by atoms with Gasteiger partial charge in [-0.2, -0.15) is 0 Å². The van der Waals surface area contributed by atoms with E-state index in [9.17, 15) is 14.7 Å². The highest BCUT2D eigenvalue weighted by Crippen LogP contribution is 2.25. The summed E-state index contributed by atoms with van der Waals surface area (Å²) in [4.78, 5) is 36.3. The van der Waals surface area contributed by atoms with Crippen molar-refractivity contribution in [3.8, 4) is 11.4 Å². The molecule has 7 nitrogen and oxygen atoms in total. The minimum Gasteiger partial charge on any atom is -0.391 e. The molecule has 0 unspecified atom stereocenters. The van der Waals surface area contributed by atoms with Gasteiger partial charge in [0.2, 0.25) is 0 Å². The number of aromatic nitrogens is 4. The van der Waals surface area contributed by atoms with Gasteiger partial charge in [0.15, 0.2) is 10.3 Å². The average Bonchev–Trinajstić information content (AvgIpc) is 3.00. The van der Waals surface area contributed by atoms with Gasteiger partial charge in [-0.25, -0.2) is 9.97 Å². The number of benzene rings is 4. The van der Waals surface area contributed by atoms with Gasteiger partial charge in [-0.15, -0.1) is 0 Å². The zero-order valence-electron chi connectivity index (χ0n) is 21.3. The number of hydrogen-bond acceptors (Lipinski definition) is 7. The first kappa shape index (κ1) is 26.1. The van der Waals surface area contributed by atoms with E-state index in [-0.39, 0.29) is 11.1 Å². The van der Waals surface area contributed by atoms with Crippen molar-refractivity contribution in [2.75, 3.05) is 11.5 Å². The van der Waals surface area contributed by atoms with Crippen LogP contribution in [0.1, 0.15) is 0 Å². The summed E-state index contributed by atoms with van der Waals surface area (Å²) in [6.45, 7) is 0. The lowest BCUT2D eigenvalue weighted by Crippen LogP contribution is -2.24. The van der Waals surface area contributed by atoms with E-state index >= 15 is 0 Å². The summed E-state index contributed by atoms with van der Waals surface area (Å²) in [6.07, 6.45) is -0.754. The van der Waals surface area contributed by atoms with Crippen LogP contribution >= 0.6 is 23.5 Å². The van der Waals surface area contributed by atoms with Crippen molar-refractivity contribution < 1.29 is 5.11 Å². The minimum absolute atomic E-state index is 0.157. The third-order valence-electron chi connectivity index (χ3n) is 6.33. The summed E-state index contributed by atoms with van der Waals surface area (Å²) >= 11 is 2.64. The van der Waals surface area contributed by atoms with Gasteiger partial charge in [0.1, 0.15) is 0 Å². The van der Waals surface area contributed by atoms with Crippen LogP contribution in [-0.4, -0.2) is 41.8 Å². The Kier molecular flexibility index (Phi) is 7.50. The molecule has 0 spiro atoms. The molecule has 0 saturated heterocycles. The normalized spacial score (nSPS) is 11.4. The molecule has 2 aromatic heterocycles. The van der Waals surface area contributed by atoms with Crippen LogP contribution < -0.4 is 11.1 Å². The molecule has 0 aliphatic rings. The molecule has 0 saturated carbocycles. The minimum atomic E-state index is -0.754. The third kappa shape index (κ3) is 5.19. The second kappa shape index (κ2) is 11.5. The van der Waals surface area contributed by atoms with E-state index in [4.69, 9.17) is 9.97 Å². The van der Waals surface area contributed by atoms with Crippen molar-refractivity contribution in [3.63, 3.8) is 0 Å². The fraction of sp³-hybridized carbons (Fsp3) is 0.0968. The molecule has 6 rings (SSSR count). The van der Waals surface area contributed by atoms with Crippen LogP contribution in [-0.2, 0) is 0 Å². The van der Waals surface area contributed by atoms with Crippen molar-refractivity contribution in [2.45, 2.75) is 16.4 Å². The Morgan fingerprint density at radius 2 is 0.950 bits per heavy atom. The van der Waals surface area contributed by atoms with Crippen LogP contribution in [0, 0.1) is 0 Å². The second-order valence-corrected chi connectivity index (χ2v) is 11.0. The topological polar surface area (TPSA) is 90.0 Å². The molecule has 0 fully saturated rings. The van der Waals surface area contributed by atoms with Gasteiger partial charge in [-0.3, -0.25) is 18.7 Å². The van der Waals surface area contributed by atoms with Gasteiger partial charge in [0.25, 0.3) is 11.1 Å². The van der Waals surface area contributed by atoms with E-state index in [0.29, 0.717) is 55.0 Å². The van der Waals surface area contributed by atoms with E-state index in [2.05, 4.69) is 0 Å². The molecule has 0 aliphatic heterocycles. The summed E-state index contributed by atoms with van der Waals surface area (Å²) in [6, 6.07) is 33.3. The lowest BCUT2D eigenvalue weighted by atomic mass is 10.2. The number of rotatable bonds is 8. The molecule has 198 valence electrons. The zero-order chi connectivity index (χ0) is 27.5. The first-order valence-electron chi connectivity index (χ1n) is 12.7. The summed E-state index contributed by atoms with van der Waals surface area (Å²) in [7, 11) is 0. The quantitative estimate of drug-likeness (QED) is 0.197. The Balaban J connectivity index is 1.27. The fourth-order valence-corrected chi connectivity index (χ4v) is 6.45. The first-order chi connectivity index (χ1) is 19.6. The number of thioether (sulfide) groups is 2. The van der Waals surface area contributed by atoms with Gasteiger partial charge in [-0.05, 0) is 48.5 Å². The Morgan fingerprint density at radius 3 is 1.38 bits per heavy atom. The fourth-order valence-electron chi connectivity index (χ4n) is 4.42. The van der Waals surface area contributed by atoms with Crippen molar-refractivity contribution >= 4 is 45.3 Å². The van der Waals surface area contributed by atoms with E-state index in [0.717, 1.165) is 0 Å². The smallest absolute Gasteiger partial charge is 0.266 e. The van der Waals surface area contributed by atoms with Crippen molar-refractivity contribution in [1.29, 1.82) is 0 Å². The Hall–Kier alpha value is -4.18. The monoisotopic (exact) mass is 564 g/mol. The number of fused-ring (bicyclic) bond motifs is 2. The van der Waals surface area contributed by atoms with Crippen LogP contribution in [0.15, 0.2) is 129 Å². The highest BCUT2D eigenvalue weighted by molar-refractivity contribution is 8.00. The van der Waals surface area contributed by atoms with Crippen molar-refractivity contribution in [3.05, 3.63) is 130 Å². The Morgan fingerprint density at radius 1 is 0.575 bits per heavy atom.